The Morgan fingerprint density at radius 2 is 1.82 bits per heavy atom. The van der Waals surface area contributed by atoms with Gasteiger partial charge in [0.05, 0.1) is 28.4 Å². The molecule has 2 aromatic heterocycles. The average Bonchev–Trinajstić information content (AvgIpc) is 3.26. The number of thioether (sulfide) groups is 1. The van der Waals surface area contributed by atoms with Gasteiger partial charge in [-0.05, 0) is 36.6 Å². The number of benzene rings is 2. The Balaban J connectivity index is 1.87. The van der Waals surface area contributed by atoms with Gasteiger partial charge in [0.15, 0.2) is 24.4 Å². The van der Waals surface area contributed by atoms with E-state index in [2.05, 4.69) is 14.7 Å². The minimum Gasteiger partial charge on any atom is -0.482 e. The van der Waals surface area contributed by atoms with E-state index in [0.29, 0.717) is 33.6 Å². The van der Waals surface area contributed by atoms with Crippen LogP contribution in [0.4, 0.5) is 0 Å². The smallest absolute Gasteiger partial charge is 0.343 e. The number of esters is 1. The summed E-state index contributed by atoms with van der Waals surface area (Å²) in [5, 5.41) is 12.2. The lowest BCUT2D eigenvalue weighted by atomic mass is 10.1. The summed E-state index contributed by atoms with van der Waals surface area (Å²) in [6, 6.07) is 11.7. The van der Waals surface area contributed by atoms with E-state index >= 15 is 0 Å². The molecule has 0 amide bonds. The molecular weight excluding hydrogens is 555 g/mol. The van der Waals surface area contributed by atoms with Crippen LogP contribution in [0.3, 0.4) is 0 Å². The van der Waals surface area contributed by atoms with Crippen molar-refractivity contribution in [2.45, 2.75) is 5.16 Å². The minimum absolute atomic E-state index is 0.0541. The summed E-state index contributed by atoms with van der Waals surface area (Å²) in [5.74, 6) is 0.271. The molecule has 13 heteroatoms. The summed E-state index contributed by atoms with van der Waals surface area (Å²) in [4.78, 5) is 24.9. The Hall–Kier alpha value is -3.51. The van der Waals surface area contributed by atoms with E-state index in [9.17, 15) is 10.0 Å². The van der Waals surface area contributed by atoms with Crippen molar-refractivity contribution in [2.75, 3.05) is 33.9 Å². The lowest BCUT2D eigenvalue weighted by Gasteiger charge is -2.11. The Morgan fingerprint density at radius 1 is 1.05 bits per heavy atom. The molecule has 0 aliphatic heterocycles. The minimum atomic E-state index is -0.562. The normalized spacial score (nSPS) is 10.9. The number of hydrogen-bond acceptors (Lipinski definition) is 10. The number of carbonyl (C=O) groups is 1. The first-order chi connectivity index (χ1) is 18.4. The molecule has 0 aliphatic rings. The van der Waals surface area contributed by atoms with Gasteiger partial charge in [-0.1, -0.05) is 47.1 Å². The van der Waals surface area contributed by atoms with Crippen LogP contribution in [0.25, 0.3) is 34.0 Å². The maximum absolute atomic E-state index is 11.4. The van der Waals surface area contributed by atoms with Gasteiger partial charge < -0.3 is 24.2 Å². The fraction of sp³-hybridized carbons (Fsp3) is 0.200. The summed E-state index contributed by atoms with van der Waals surface area (Å²) in [6.45, 7) is -0.267. The maximum atomic E-state index is 11.4. The molecule has 2 aromatic carbocycles. The van der Waals surface area contributed by atoms with Crippen LogP contribution in [0.2, 0.25) is 10.0 Å². The first-order valence-corrected chi connectivity index (χ1v) is 12.9. The maximum Gasteiger partial charge on any atom is 0.343 e. The van der Waals surface area contributed by atoms with Crippen molar-refractivity contribution in [2.24, 2.45) is 0 Å². The van der Waals surface area contributed by atoms with Gasteiger partial charge in [0.25, 0.3) is 0 Å². The molecular formula is C25H22Cl2N4O6S. The fourth-order valence-electron chi connectivity index (χ4n) is 3.49. The quantitative estimate of drug-likeness (QED) is 0.0854. The zero-order valence-electron chi connectivity index (χ0n) is 20.5. The number of methoxy groups -OCH3 is 2. The van der Waals surface area contributed by atoms with E-state index in [-0.39, 0.29) is 40.6 Å². The topological polar surface area (TPSA) is 118 Å². The highest BCUT2D eigenvalue weighted by Gasteiger charge is 2.26. The van der Waals surface area contributed by atoms with Gasteiger partial charge >= 0.3 is 5.97 Å². The Labute approximate surface area is 232 Å². The van der Waals surface area contributed by atoms with Crippen LogP contribution in [0, 0.1) is 0 Å². The average molecular weight is 577 g/mol. The lowest BCUT2D eigenvalue weighted by molar-refractivity contribution is -0.142. The number of halogens is 2. The monoisotopic (exact) mass is 576 g/mol. The number of aromatic nitrogens is 4. The number of ether oxygens (including phenoxy) is 4. The van der Waals surface area contributed by atoms with E-state index < -0.39 is 5.97 Å². The fourth-order valence-corrected chi connectivity index (χ4v) is 4.48. The third-order valence-corrected chi connectivity index (χ3v) is 6.35. The summed E-state index contributed by atoms with van der Waals surface area (Å²) < 4.78 is 21.5. The molecule has 4 rings (SSSR count). The van der Waals surface area contributed by atoms with E-state index in [1.165, 1.54) is 38.1 Å². The van der Waals surface area contributed by atoms with Crippen molar-refractivity contribution in [3.8, 4) is 45.5 Å². The van der Waals surface area contributed by atoms with Gasteiger partial charge in [0, 0.05) is 18.9 Å². The van der Waals surface area contributed by atoms with E-state index in [4.69, 9.17) is 42.4 Å². The number of carbonyl (C=O) groups excluding carboxylic acids is 1. The first-order valence-electron chi connectivity index (χ1n) is 11.0. The molecule has 0 atom stereocenters. The molecule has 0 fully saturated rings. The number of rotatable bonds is 10. The van der Waals surface area contributed by atoms with E-state index in [1.54, 1.807) is 36.5 Å². The molecule has 38 heavy (non-hydrogen) atoms. The van der Waals surface area contributed by atoms with Crippen LogP contribution in [-0.2, 0) is 14.3 Å². The molecule has 10 nitrogen and oxygen atoms in total. The molecule has 0 radical (unpaired) electrons. The van der Waals surface area contributed by atoms with Gasteiger partial charge in [0.2, 0.25) is 0 Å². The lowest BCUT2D eigenvalue weighted by Crippen LogP contribution is -2.12. The first kappa shape index (κ1) is 27.5. The molecule has 0 unspecified atom stereocenters. The standard InChI is InChI=1S/C25H22Cl2N4O6S/c1-34-13-37-15-6-4-5-14(9-15)23-22(19-7-8-28-25(29-19)38-3)30-24(31(23)33)21-17(26)10-16(11-18(21)27)36-12-20(32)35-2/h4-11,33H,12-13H2,1-3H3. The Morgan fingerprint density at radius 3 is 2.50 bits per heavy atom. The Bertz CT molecular complexity index is 1440. The molecule has 198 valence electrons. The van der Waals surface area contributed by atoms with Crippen molar-refractivity contribution in [3.05, 3.63) is 58.7 Å². The van der Waals surface area contributed by atoms with Crippen LogP contribution in [0.5, 0.6) is 11.5 Å². The number of nitrogens with zero attached hydrogens (tertiary/aromatic N) is 4. The highest BCUT2D eigenvalue weighted by Crippen LogP contribution is 2.42. The highest BCUT2D eigenvalue weighted by atomic mass is 35.5. The van der Waals surface area contributed by atoms with Crippen LogP contribution in [0.1, 0.15) is 0 Å². The van der Waals surface area contributed by atoms with Crippen LogP contribution in [0.15, 0.2) is 53.8 Å². The van der Waals surface area contributed by atoms with E-state index in [1.807, 2.05) is 6.26 Å². The molecule has 0 saturated carbocycles. The summed E-state index contributed by atoms with van der Waals surface area (Å²) in [7, 11) is 2.78. The molecule has 4 aromatic rings. The number of hydrogen-bond donors (Lipinski definition) is 1. The third-order valence-electron chi connectivity index (χ3n) is 5.19. The highest BCUT2D eigenvalue weighted by molar-refractivity contribution is 7.98. The summed E-state index contributed by atoms with van der Waals surface area (Å²) >= 11 is 14.5. The SMILES string of the molecule is COCOc1cccc(-c2c(-c3ccnc(SC)n3)nc(-c3c(Cl)cc(OCC(=O)OC)cc3Cl)n2O)c1. The molecule has 0 bridgehead atoms. The van der Waals surface area contributed by atoms with Gasteiger partial charge in [0.1, 0.15) is 22.9 Å². The largest absolute Gasteiger partial charge is 0.482 e. The van der Waals surface area contributed by atoms with Crippen molar-refractivity contribution < 1.29 is 28.9 Å². The zero-order chi connectivity index (χ0) is 27.2. The van der Waals surface area contributed by atoms with Crippen molar-refractivity contribution in [3.63, 3.8) is 0 Å². The molecule has 0 spiro atoms. The number of imidazole rings is 1. The van der Waals surface area contributed by atoms with Gasteiger partial charge in [-0.25, -0.2) is 19.7 Å². The summed E-state index contributed by atoms with van der Waals surface area (Å²) in [6.07, 6.45) is 3.47. The van der Waals surface area contributed by atoms with Gasteiger partial charge in [-0.3, -0.25) is 0 Å². The predicted molar refractivity (Wildman–Crippen MR) is 143 cm³/mol. The zero-order valence-corrected chi connectivity index (χ0v) is 22.8. The summed E-state index contributed by atoms with van der Waals surface area (Å²) in [5.41, 5.74) is 2.00. The second kappa shape index (κ2) is 12.4. The van der Waals surface area contributed by atoms with E-state index in [0.717, 1.165) is 4.73 Å². The van der Waals surface area contributed by atoms with Crippen molar-refractivity contribution >= 4 is 40.9 Å². The van der Waals surface area contributed by atoms with Crippen molar-refractivity contribution in [1.29, 1.82) is 0 Å². The molecule has 2 heterocycles. The van der Waals surface area contributed by atoms with Gasteiger partial charge in [-0.15, -0.1) is 0 Å². The molecule has 0 aliphatic carbocycles. The third kappa shape index (κ3) is 5.97. The predicted octanol–water partition coefficient (Wildman–Crippen LogP) is 5.47. The second-order valence-electron chi connectivity index (χ2n) is 7.58. The molecule has 1 N–H and O–H groups in total. The van der Waals surface area contributed by atoms with Gasteiger partial charge in [-0.2, -0.15) is 4.73 Å². The van der Waals surface area contributed by atoms with Crippen LogP contribution < -0.4 is 9.47 Å². The molecule has 0 saturated heterocycles. The second-order valence-corrected chi connectivity index (χ2v) is 9.17. The Kier molecular flexibility index (Phi) is 8.95. The van der Waals surface area contributed by atoms with Crippen molar-refractivity contribution in [1.82, 2.24) is 19.7 Å². The van der Waals surface area contributed by atoms with Crippen LogP contribution in [-0.4, -0.2) is 64.7 Å². The van der Waals surface area contributed by atoms with Crippen LogP contribution >= 0.6 is 35.0 Å².